The first kappa shape index (κ1) is 11.3. The Kier molecular flexibility index (Phi) is 3.36. The van der Waals surface area contributed by atoms with E-state index in [1.807, 2.05) is 6.92 Å². The summed E-state index contributed by atoms with van der Waals surface area (Å²) in [4.78, 5) is 7.89. The molecule has 0 saturated heterocycles. The number of halogens is 1. The maximum atomic E-state index is 13.8. The fraction of sp³-hybridized carbons (Fsp3) is 0.667. The molecule has 88 valence electrons. The van der Waals surface area contributed by atoms with E-state index in [0.29, 0.717) is 29.9 Å². The van der Waals surface area contributed by atoms with Crippen LogP contribution >= 0.6 is 0 Å². The highest BCUT2D eigenvalue weighted by Crippen LogP contribution is 2.31. The van der Waals surface area contributed by atoms with Crippen LogP contribution in [0.2, 0.25) is 0 Å². The second kappa shape index (κ2) is 4.76. The molecule has 3 nitrogen and oxygen atoms in total. The van der Waals surface area contributed by atoms with Gasteiger partial charge in [0.05, 0.1) is 5.69 Å². The summed E-state index contributed by atoms with van der Waals surface area (Å²) in [5.41, 5.74) is 0.485. The van der Waals surface area contributed by atoms with Crippen LogP contribution in [-0.4, -0.2) is 16.0 Å². The Morgan fingerprint density at radius 2 is 2.25 bits per heavy atom. The number of aryl methyl sites for hydroxylation is 1. The molecule has 0 spiro atoms. The minimum atomic E-state index is -0.295. The molecule has 0 radical (unpaired) electrons. The lowest BCUT2D eigenvalue weighted by Crippen LogP contribution is -2.31. The molecule has 1 heterocycles. The molecule has 0 aliphatic heterocycles. The van der Waals surface area contributed by atoms with Gasteiger partial charge < -0.3 is 5.32 Å². The summed E-state index contributed by atoms with van der Waals surface area (Å²) in [7, 11) is 0. The third kappa shape index (κ3) is 2.15. The van der Waals surface area contributed by atoms with Crippen LogP contribution in [-0.2, 0) is 6.42 Å². The Labute approximate surface area is 95.5 Å². The second-order valence-electron chi connectivity index (χ2n) is 4.46. The van der Waals surface area contributed by atoms with E-state index in [1.54, 1.807) is 0 Å². The molecule has 1 aliphatic rings. The third-order valence-electron chi connectivity index (χ3n) is 3.42. The number of nitrogens with one attached hydrogen (secondary N) is 1. The molecule has 0 aromatic carbocycles. The normalized spacial score (nSPS) is 17.9. The van der Waals surface area contributed by atoms with Crippen molar-refractivity contribution in [2.75, 3.05) is 5.32 Å². The number of aromatic nitrogens is 2. The third-order valence-corrected chi connectivity index (χ3v) is 3.42. The molecule has 0 amide bonds. The Hall–Kier alpha value is -1.19. The summed E-state index contributed by atoms with van der Waals surface area (Å²) in [6.45, 7) is 3.99. The highest BCUT2D eigenvalue weighted by atomic mass is 19.1. The standard InChI is InChI=1S/C12H18FN3/c1-3-10-11(13)12(15-7-14-10)16-8(2)9-5-4-6-9/h7-9H,3-6H2,1-2H3,(H,14,15,16). The van der Waals surface area contributed by atoms with Gasteiger partial charge in [0.25, 0.3) is 0 Å². The number of rotatable bonds is 4. The van der Waals surface area contributed by atoms with E-state index < -0.39 is 0 Å². The topological polar surface area (TPSA) is 37.8 Å². The predicted molar refractivity (Wildman–Crippen MR) is 61.8 cm³/mol. The summed E-state index contributed by atoms with van der Waals surface area (Å²) in [6, 6.07) is 0.294. The Balaban J connectivity index is 2.08. The maximum absolute atomic E-state index is 13.8. The van der Waals surface area contributed by atoms with Crippen molar-refractivity contribution in [3.8, 4) is 0 Å². The molecular formula is C12H18FN3. The molecule has 2 rings (SSSR count). The highest BCUT2D eigenvalue weighted by molar-refractivity contribution is 5.38. The molecule has 4 heteroatoms. The molecule has 1 aromatic rings. The van der Waals surface area contributed by atoms with Crippen molar-refractivity contribution in [3.05, 3.63) is 17.8 Å². The van der Waals surface area contributed by atoms with Crippen LogP contribution in [0.1, 0.15) is 38.8 Å². The zero-order valence-electron chi connectivity index (χ0n) is 9.83. The van der Waals surface area contributed by atoms with Crippen molar-refractivity contribution in [2.24, 2.45) is 5.92 Å². The fourth-order valence-corrected chi connectivity index (χ4v) is 2.03. The Morgan fingerprint density at radius 3 is 2.81 bits per heavy atom. The SMILES string of the molecule is CCc1ncnc(NC(C)C2CCC2)c1F. The van der Waals surface area contributed by atoms with Gasteiger partial charge in [-0.05, 0) is 32.1 Å². The molecule has 1 fully saturated rings. The van der Waals surface area contributed by atoms with Gasteiger partial charge in [0.15, 0.2) is 11.6 Å². The van der Waals surface area contributed by atoms with E-state index in [2.05, 4.69) is 22.2 Å². The van der Waals surface area contributed by atoms with Crippen molar-refractivity contribution in [2.45, 2.75) is 45.6 Å². The lowest BCUT2D eigenvalue weighted by molar-refractivity contribution is 0.284. The molecule has 16 heavy (non-hydrogen) atoms. The zero-order chi connectivity index (χ0) is 11.5. The summed E-state index contributed by atoms with van der Waals surface area (Å²) in [5.74, 6) is 0.724. The average Bonchev–Trinajstić information content (AvgIpc) is 2.18. The van der Waals surface area contributed by atoms with E-state index in [-0.39, 0.29) is 5.82 Å². The van der Waals surface area contributed by atoms with Crippen molar-refractivity contribution < 1.29 is 4.39 Å². The Bertz CT molecular complexity index is 363. The van der Waals surface area contributed by atoms with E-state index in [1.165, 1.54) is 25.6 Å². The minimum absolute atomic E-state index is 0.294. The van der Waals surface area contributed by atoms with E-state index in [0.717, 1.165) is 0 Å². The summed E-state index contributed by atoms with van der Waals surface area (Å²) >= 11 is 0. The molecule has 1 aromatic heterocycles. The van der Waals surface area contributed by atoms with Crippen molar-refractivity contribution >= 4 is 5.82 Å². The van der Waals surface area contributed by atoms with Crippen LogP contribution in [0, 0.1) is 11.7 Å². The van der Waals surface area contributed by atoms with Gasteiger partial charge in [0.2, 0.25) is 0 Å². The van der Waals surface area contributed by atoms with E-state index in [9.17, 15) is 4.39 Å². The number of hydrogen-bond donors (Lipinski definition) is 1. The molecule has 1 atom stereocenters. The quantitative estimate of drug-likeness (QED) is 0.853. The van der Waals surface area contributed by atoms with E-state index in [4.69, 9.17) is 0 Å². The molecule has 1 unspecified atom stereocenters. The largest absolute Gasteiger partial charge is 0.365 e. The van der Waals surface area contributed by atoms with Gasteiger partial charge in [-0.1, -0.05) is 13.3 Å². The number of hydrogen-bond acceptors (Lipinski definition) is 3. The van der Waals surface area contributed by atoms with Crippen LogP contribution in [0.15, 0.2) is 6.33 Å². The maximum Gasteiger partial charge on any atom is 0.186 e. The molecule has 0 bridgehead atoms. The average molecular weight is 223 g/mol. The summed E-state index contributed by atoms with van der Waals surface area (Å²) in [5, 5.41) is 3.16. The second-order valence-corrected chi connectivity index (χ2v) is 4.46. The van der Waals surface area contributed by atoms with Crippen LogP contribution < -0.4 is 5.32 Å². The predicted octanol–water partition coefficient (Wildman–Crippen LogP) is 2.78. The van der Waals surface area contributed by atoms with Gasteiger partial charge in [-0.15, -0.1) is 0 Å². The van der Waals surface area contributed by atoms with Crippen molar-refractivity contribution in [3.63, 3.8) is 0 Å². The van der Waals surface area contributed by atoms with Gasteiger partial charge in [-0.3, -0.25) is 0 Å². The smallest absolute Gasteiger partial charge is 0.186 e. The number of nitrogens with zero attached hydrogens (tertiary/aromatic N) is 2. The number of anilines is 1. The van der Waals surface area contributed by atoms with Gasteiger partial charge in [-0.25, -0.2) is 14.4 Å². The first-order chi connectivity index (χ1) is 7.72. The fourth-order valence-electron chi connectivity index (χ4n) is 2.03. The van der Waals surface area contributed by atoms with E-state index >= 15 is 0 Å². The summed E-state index contributed by atoms with van der Waals surface area (Å²) in [6.07, 6.45) is 5.80. The van der Waals surface area contributed by atoms with Crippen molar-refractivity contribution in [1.82, 2.24) is 9.97 Å². The van der Waals surface area contributed by atoms with Crippen LogP contribution in [0.25, 0.3) is 0 Å². The van der Waals surface area contributed by atoms with Crippen LogP contribution in [0.5, 0.6) is 0 Å². The first-order valence-electron chi connectivity index (χ1n) is 5.98. The van der Waals surface area contributed by atoms with Crippen LogP contribution in [0.3, 0.4) is 0 Å². The zero-order valence-corrected chi connectivity index (χ0v) is 9.83. The molecule has 1 N–H and O–H groups in total. The summed E-state index contributed by atoms with van der Waals surface area (Å²) < 4.78 is 13.8. The molecular weight excluding hydrogens is 205 g/mol. The monoisotopic (exact) mass is 223 g/mol. The minimum Gasteiger partial charge on any atom is -0.365 e. The first-order valence-corrected chi connectivity index (χ1v) is 5.98. The van der Waals surface area contributed by atoms with Gasteiger partial charge >= 0.3 is 0 Å². The van der Waals surface area contributed by atoms with Crippen LogP contribution in [0.4, 0.5) is 10.2 Å². The van der Waals surface area contributed by atoms with Gasteiger partial charge in [0, 0.05) is 6.04 Å². The lowest BCUT2D eigenvalue weighted by Gasteiger charge is -2.32. The molecule has 1 saturated carbocycles. The highest BCUT2D eigenvalue weighted by Gasteiger charge is 2.25. The van der Waals surface area contributed by atoms with Gasteiger partial charge in [-0.2, -0.15) is 0 Å². The Morgan fingerprint density at radius 1 is 1.50 bits per heavy atom. The lowest BCUT2D eigenvalue weighted by atomic mass is 9.80. The molecule has 1 aliphatic carbocycles. The van der Waals surface area contributed by atoms with Gasteiger partial charge in [0.1, 0.15) is 6.33 Å². The van der Waals surface area contributed by atoms with Crippen molar-refractivity contribution in [1.29, 1.82) is 0 Å².